The zero-order valence-corrected chi connectivity index (χ0v) is 35.9. The van der Waals surface area contributed by atoms with Crippen LogP contribution in [0.2, 0.25) is 0 Å². The molecule has 0 amide bonds. The van der Waals surface area contributed by atoms with Crippen molar-refractivity contribution in [2.45, 2.75) is 26.2 Å². The average molecular weight is 786 g/mol. The topological polar surface area (TPSA) is 3.24 Å². The summed E-state index contributed by atoms with van der Waals surface area (Å²) in [5.41, 5.74) is 4.75. The molecule has 4 heteroatoms. The van der Waals surface area contributed by atoms with Crippen molar-refractivity contribution in [3.8, 4) is 0 Å². The van der Waals surface area contributed by atoms with E-state index in [-0.39, 0.29) is 5.41 Å². The van der Waals surface area contributed by atoms with Crippen molar-refractivity contribution in [2.24, 2.45) is 0 Å². The maximum atomic E-state index is 4.59. The second-order valence-electron chi connectivity index (χ2n) is 15.7. The first-order valence-corrected chi connectivity index (χ1v) is 25.6. The van der Waals surface area contributed by atoms with Gasteiger partial charge in [-0.25, -0.2) is 0 Å². The van der Waals surface area contributed by atoms with Crippen molar-refractivity contribution in [3.63, 3.8) is 0 Å². The second kappa shape index (κ2) is 16.3. The normalized spacial score (nSPS) is 12.0. The zero-order valence-electron chi connectivity index (χ0n) is 33.0. The molecule has 0 atom stereocenters. The minimum Gasteiger partial charge on any atom is -0.311 e. The summed E-state index contributed by atoms with van der Waals surface area (Å²) in [5, 5.41) is 9.55. The van der Waals surface area contributed by atoms with Crippen LogP contribution < -0.4 is 41.2 Å². The van der Waals surface area contributed by atoms with Gasteiger partial charge in [-0.15, -0.1) is 7.75 Å². The predicted molar refractivity (Wildman–Crippen MR) is 255 cm³/mol. The van der Waals surface area contributed by atoms with Gasteiger partial charge in [-0.1, -0.05) is 215 Å². The molecule has 57 heavy (non-hydrogen) atoms. The van der Waals surface area contributed by atoms with Gasteiger partial charge in [0.2, 0.25) is 7.74 Å². The highest BCUT2D eigenvalue weighted by Gasteiger charge is 2.41. The van der Waals surface area contributed by atoms with Crippen LogP contribution in [0.3, 0.4) is 0 Å². The van der Waals surface area contributed by atoms with E-state index >= 15 is 0 Å². The zero-order chi connectivity index (χ0) is 39.3. The quantitative estimate of drug-likeness (QED) is 0.0719. The molecule has 0 bridgehead atoms. The van der Waals surface area contributed by atoms with Gasteiger partial charge in [0.1, 0.15) is 0 Å². The molecule has 0 aliphatic carbocycles. The van der Waals surface area contributed by atoms with Crippen LogP contribution >= 0.6 is 7.75 Å². The Hall–Kier alpha value is -5.84. The Morgan fingerprint density at radius 1 is 0.351 bits per heavy atom. The Bertz CT molecular complexity index is 2380. The predicted octanol–water partition coefficient (Wildman–Crippen LogP) is 9.18. The molecule has 0 spiro atoms. The summed E-state index contributed by atoms with van der Waals surface area (Å²) < 4.78 is 0. The maximum absolute atomic E-state index is 4.59. The van der Waals surface area contributed by atoms with Gasteiger partial charge in [0.05, 0.1) is 0 Å². The Morgan fingerprint density at radius 2 is 0.614 bits per heavy atom. The Labute approximate surface area is 342 Å². The maximum Gasteiger partial charge on any atom is 0.202 e. The lowest BCUT2D eigenvalue weighted by molar-refractivity contribution is 0.590. The standard InChI is InChI=1S/C53H48NPSi2/c1-53(2,3)42-30-32-43(33-31-42)54(45-36-40-52(41-37-45)57(55-4,50-26-16-8-17-27-50)51-28-18-9-19-29-51)44-34-38-49(39-35-44)56(46-20-10-5-11-21-46,47-22-12-6-13-23-47)48-24-14-7-15-25-48/h5-41H,4H2,1-3H3. The molecule has 8 aromatic rings. The molecule has 8 rings (SSSR count). The van der Waals surface area contributed by atoms with Gasteiger partial charge in [-0.2, -0.15) is 0 Å². The third-order valence-corrected chi connectivity index (χ3v) is 23.9. The molecule has 8 aromatic carbocycles. The number of rotatable bonds is 11. The van der Waals surface area contributed by atoms with Crippen molar-refractivity contribution in [1.82, 2.24) is 0 Å². The lowest BCUT2D eigenvalue weighted by Gasteiger charge is -2.35. The Morgan fingerprint density at radius 3 is 0.930 bits per heavy atom. The molecule has 0 heterocycles. The van der Waals surface area contributed by atoms with E-state index in [1.807, 2.05) is 0 Å². The molecular formula is C53H48NPSi2. The van der Waals surface area contributed by atoms with Crippen LogP contribution in [0, 0.1) is 0 Å². The molecule has 0 saturated heterocycles. The molecule has 0 radical (unpaired) electrons. The van der Waals surface area contributed by atoms with Crippen molar-refractivity contribution >= 4 is 83.2 Å². The Balaban J connectivity index is 1.28. The largest absolute Gasteiger partial charge is 0.311 e. The van der Waals surface area contributed by atoms with Crippen LogP contribution in [-0.4, -0.2) is 22.1 Å². The monoisotopic (exact) mass is 785 g/mol. The summed E-state index contributed by atoms with van der Waals surface area (Å²) in [4.78, 5) is 2.41. The molecular weight excluding hydrogens is 738 g/mol. The second-order valence-corrected chi connectivity index (χ2v) is 25.9. The van der Waals surface area contributed by atoms with E-state index in [2.05, 4.69) is 256 Å². The van der Waals surface area contributed by atoms with E-state index in [0.717, 1.165) is 24.8 Å². The molecule has 0 saturated carbocycles. The highest BCUT2D eigenvalue weighted by molar-refractivity contribution is 7.88. The first-order chi connectivity index (χ1) is 27.9. The average Bonchev–Trinajstić information content (AvgIpc) is 3.27. The van der Waals surface area contributed by atoms with Crippen LogP contribution in [0.25, 0.3) is 0 Å². The fraction of sp³-hybridized carbons (Fsp3) is 0.0755. The summed E-state index contributed by atoms with van der Waals surface area (Å²) in [6.45, 7) is 6.82. The molecule has 1 nitrogen and oxygen atoms in total. The van der Waals surface area contributed by atoms with Gasteiger partial charge in [0.15, 0.2) is 8.07 Å². The summed E-state index contributed by atoms with van der Waals surface area (Å²) in [6.07, 6.45) is 4.59. The summed E-state index contributed by atoms with van der Waals surface area (Å²) in [5.74, 6) is 0. The van der Waals surface area contributed by atoms with E-state index in [4.69, 9.17) is 0 Å². The van der Waals surface area contributed by atoms with Crippen LogP contribution in [0.1, 0.15) is 26.3 Å². The van der Waals surface area contributed by atoms with Gasteiger partial charge >= 0.3 is 0 Å². The number of hydrogen-bond acceptors (Lipinski definition) is 1. The Kier molecular flexibility index (Phi) is 10.9. The smallest absolute Gasteiger partial charge is 0.202 e. The lowest BCUT2D eigenvalue weighted by Crippen LogP contribution is -2.74. The van der Waals surface area contributed by atoms with E-state index < -0.39 is 15.8 Å². The first-order valence-electron chi connectivity index (χ1n) is 19.7. The molecule has 278 valence electrons. The third-order valence-electron chi connectivity index (χ3n) is 11.3. The summed E-state index contributed by atoms with van der Waals surface area (Å²) >= 11 is 0. The van der Waals surface area contributed by atoms with Crippen LogP contribution in [-0.2, 0) is 5.41 Å². The summed E-state index contributed by atoms with van der Waals surface area (Å²) in [7, 11) is -3.94. The van der Waals surface area contributed by atoms with Gasteiger partial charge < -0.3 is 4.90 Å². The number of hydrogen-bond donors (Lipinski definition) is 0. The van der Waals surface area contributed by atoms with E-state index in [0.29, 0.717) is 0 Å². The van der Waals surface area contributed by atoms with Crippen LogP contribution in [0.5, 0.6) is 0 Å². The van der Waals surface area contributed by atoms with Crippen LogP contribution in [0.15, 0.2) is 224 Å². The van der Waals surface area contributed by atoms with Gasteiger partial charge in [0, 0.05) is 17.1 Å². The van der Waals surface area contributed by atoms with Crippen molar-refractivity contribution in [2.75, 3.05) is 4.90 Å². The van der Waals surface area contributed by atoms with Gasteiger partial charge in [-0.3, -0.25) is 0 Å². The van der Waals surface area contributed by atoms with Gasteiger partial charge in [-0.05, 0) is 83.7 Å². The number of anilines is 3. The lowest BCUT2D eigenvalue weighted by atomic mass is 9.87. The van der Waals surface area contributed by atoms with Crippen molar-refractivity contribution in [3.05, 3.63) is 230 Å². The fourth-order valence-corrected chi connectivity index (χ4v) is 19.7. The van der Waals surface area contributed by atoms with E-state index in [1.54, 1.807) is 0 Å². The highest BCUT2D eigenvalue weighted by atomic mass is 31.3. The van der Waals surface area contributed by atoms with Crippen LogP contribution in [0.4, 0.5) is 17.1 Å². The van der Waals surface area contributed by atoms with Crippen molar-refractivity contribution < 1.29 is 0 Å². The SMILES string of the molecule is C=P[Si](c1ccccc1)(c1ccccc1)c1ccc(N(c2ccc(C(C)(C)C)cc2)c2ccc([Si](c3ccccc3)(c3ccccc3)c3ccccc3)cc2)cc1. The third kappa shape index (κ3) is 7.20. The molecule has 0 aromatic heterocycles. The number of nitrogens with zero attached hydrogens (tertiary/aromatic N) is 1. The minimum atomic E-state index is -2.66. The van der Waals surface area contributed by atoms with E-state index in [9.17, 15) is 0 Å². The van der Waals surface area contributed by atoms with Crippen molar-refractivity contribution in [1.29, 1.82) is 0 Å². The molecule has 0 N–H and O–H groups in total. The number of benzene rings is 8. The van der Waals surface area contributed by atoms with E-state index in [1.165, 1.54) is 41.9 Å². The molecule has 0 aliphatic heterocycles. The fourth-order valence-electron chi connectivity index (χ4n) is 8.47. The molecule has 0 unspecified atom stereocenters. The molecule has 0 fully saturated rings. The highest BCUT2D eigenvalue weighted by Crippen LogP contribution is 2.36. The minimum absolute atomic E-state index is 0.0587. The summed E-state index contributed by atoms with van der Waals surface area (Å²) in [6, 6.07) is 83.4. The molecule has 0 aliphatic rings. The van der Waals surface area contributed by atoms with Gasteiger partial charge in [0.25, 0.3) is 0 Å². The first kappa shape index (κ1) is 38.1.